The number of carbonyl (C=O) groups is 1. The maximum Gasteiger partial charge on any atom is 0.208 e. The van der Waals surface area contributed by atoms with Gasteiger partial charge in [0.2, 0.25) is 10.0 Å². The fourth-order valence-corrected chi connectivity index (χ4v) is 3.59. The molecule has 0 spiro atoms. The number of ether oxygens (including phenoxy) is 1. The smallest absolute Gasteiger partial charge is 0.208 e. The van der Waals surface area contributed by atoms with E-state index in [1.807, 2.05) is 12.1 Å². The first kappa shape index (κ1) is 17.9. The Hall–Kier alpha value is -1.44. The molecule has 0 unspecified atom stereocenters. The van der Waals surface area contributed by atoms with E-state index in [4.69, 9.17) is 4.74 Å². The molecule has 1 saturated heterocycles. The second-order valence-electron chi connectivity index (χ2n) is 5.91. The molecule has 1 heterocycles. The van der Waals surface area contributed by atoms with Crippen molar-refractivity contribution in [3.8, 4) is 5.75 Å². The van der Waals surface area contributed by atoms with Gasteiger partial charge in [-0.15, -0.1) is 0 Å². The van der Waals surface area contributed by atoms with Gasteiger partial charge >= 0.3 is 0 Å². The van der Waals surface area contributed by atoms with Gasteiger partial charge in [0.25, 0.3) is 0 Å². The largest absolute Gasteiger partial charge is 0.491 e. The standard InChI is InChI=1S/C16H24N2O4S/c1-13(19)15-5-3-4-6-16(15)22-12-11-18-9-7-14(8-10-18)17-23(2,20)21/h3-6,14,17H,7-12H2,1-2H3. The quantitative estimate of drug-likeness (QED) is 0.757. The van der Waals surface area contributed by atoms with Crippen LogP contribution in [0.25, 0.3) is 0 Å². The summed E-state index contributed by atoms with van der Waals surface area (Å²) < 4.78 is 30.8. The molecule has 0 amide bonds. The minimum atomic E-state index is -3.13. The van der Waals surface area contributed by atoms with E-state index < -0.39 is 10.0 Å². The summed E-state index contributed by atoms with van der Waals surface area (Å²) in [6.45, 7) is 4.48. The number of hydrogen-bond acceptors (Lipinski definition) is 5. The van der Waals surface area contributed by atoms with Gasteiger partial charge in [-0.3, -0.25) is 9.69 Å². The minimum absolute atomic E-state index is 0.00624. The van der Waals surface area contributed by atoms with Crippen LogP contribution < -0.4 is 9.46 Å². The average molecular weight is 340 g/mol. The topological polar surface area (TPSA) is 75.7 Å². The Morgan fingerprint density at radius 1 is 1.30 bits per heavy atom. The number of para-hydroxylation sites is 1. The van der Waals surface area contributed by atoms with Crippen LogP contribution >= 0.6 is 0 Å². The number of sulfonamides is 1. The van der Waals surface area contributed by atoms with Crippen molar-refractivity contribution in [2.75, 3.05) is 32.5 Å². The lowest BCUT2D eigenvalue weighted by Crippen LogP contribution is -2.45. The number of rotatable bonds is 7. The summed E-state index contributed by atoms with van der Waals surface area (Å²) in [4.78, 5) is 13.8. The first-order chi connectivity index (χ1) is 10.8. The number of benzene rings is 1. The molecule has 1 aliphatic rings. The van der Waals surface area contributed by atoms with Crippen molar-refractivity contribution in [2.45, 2.75) is 25.8 Å². The number of carbonyl (C=O) groups excluding carboxylic acids is 1. The van der Waals surface area contributed by atoms with Gasteiger partial charge in [-0.2, -0.15) is 0 Å². The van der Waals surface area contributed by atoms with E-state index in [2.05, 4.69) is 9.62 Å². The summed E-state index contributed by atoms with van der Waals surface area (Å²) in [5.74, 6) is 0.613. The van der Waals surface area contributed by atoms with Crippen molar-refractivity contribution in [1.82, 2.24) is 9.62 Å². The maximum atomic E-state index is 11.5. The summed E-state index contributed by atoms with van der Waals surface area (Å²) in [6, 6.07) is 7.27. The highest BCUT2D eigenvalue weighted by Gasteiger charge is 2.21. The summed E-state index contributed by atoms with van der Waals surface area (Å²) in [7, 11) is -3.13. The van der Waals surface area contributed by atoms with E-state index >= 15 is 0 Å². The van der Waals surface area contributed by atoms with Gasteiger partial charge in [-0.05, 0) is 45.0 Å². The average Bonchev–Trinajstić information content (AvgIpc) is 2.48. The molecule has 23 heavy (non-hydrogen) atoms. The third-order valence-electron chi connectivity index (χ3n) is 3.90. The van der Waals surface area contributed by atoms with E-state index in [9.17, 15) is 13.2 Å². The zero-order valence-corrected chi connectivity index (χ0v) is 14.4. The van der Waals surface area contributed by atoms with E-state index in [1.165, 1.54) is 13.2 Å². The zero-order valence-electron chi connectivity index (χ0n) is 13.6. The Labute approximate surface area is 137 Å². The minimum Gasteiger partial charge on any atom is -0.491 e. The fraction of sp³-hybridized carbons (Fsp3) is 0.562. The molecule has 6 nitrogen and oxygen atoms in total. The molecular weight excluding hydrogens is 316 g/mol. The fourth-order valence-electron chi connectivity index (χ4n) is 2.75. The lowest BCUT2D eigenvalue weighted by atomic mass is 10.1. The number of likely N-dealkylation sites (tertiary alicyclic amines) is 1. The van der Waals surface area contributed by atoms with Crippen LogP contribution in [-0.2, 0) is 10.0 Å². The van der Waals surface area contributed by atoms with Gasteiger partial charge in [-0.25, -0.2) is 13.1 Å². The van der Waals surface area contributed by atoms with Crippen LogP contribution in [0.1, 0.15) is 30.1 Å². The highest BCUT2D eigenvalue weighted by atomic mass is 32.2. The van der Waals surface area contributed by atoms with Crippen LogP contribution in [0.3, 0.4) is 0 Å². The molecule has 7 heteroatoms. The van der Waals surface area contributed by atoms with Crippen molar-refractivity contribution >= 4 is 15.8 Å². The summed E-state index contributed by atoms with van der Waals surface area (Å²) in [5, 5.41) is 0. The normalized spacial score (nSPS) is 17.1. The van der Waals surface area contributed by atoms with Gasteiger partial charge in [0.05, 0.1) is 11.8 Å². The number of ketones is 1. The molecule has 1 fully saturated rings. The third-order valence-corrected chi connectivity index (χ3v) is 4.66. The number of nitrogens with one attached hydrogen (secondary N) is 1. The summed E-state index contributed by atoms with van der Waals surface area (Å²) in [5.41, 5.74) is 0.601. The van der Waals surface area contributed by atoms with Gasteiger partial charge in [0, 0.05) is 12.6 Å². The zero-order chi connectivity index (χ0) is 16.9. The van der Waals surface area contributed by atoms with E-state index in [0.717, 1.165) is 32.5 Å². The molecule has 1 aromatic carbocycles. The molecule has 0 radical (unpaired) electrons. The predicted octanol–water partition coefficient (Wildman–Crippen LogP) is 1.28. The highest BCUT2D eigenvalue weighted by molar-refractivity contribution is 7.88. The predicted molar refractivity (Wildman–Crippen MR) is 89.4 cm³/mol. The number of nitrogens with zero attached hydrogens (tertiary/aromatic N) is 1. The molecule has 0 saturated carbocycles. The molecule has 0 aromatic heterocycles. The molecule has 128 valence electrons. The van der Waals surface area contributed by atoms with Gasteiger partial charge < -0.3 is 4.74 Å². The van der Waals surface area contributed by atoms with Gasteiger partial charge in [0.1, 0.15) is 12.4 Å². The molecular formula is C16H24N2O4S. The van der Waals surface area contributed by atoms with Crippen LogP contribution in [-0.4, -0.2) is 57.6 Å². The number of piperidine rings is 1. The van der Waals surface area contributed by atoms with Crippen molar-refractivity contribution in [3.63, 3.8) is 0 Å². The van der Waals surface area contributed by atoms with Gasteiger partial charge in [0.15, 0.2) is 5.78 Å². The van der Waals surface area contributed by atoms with Crippen LogP contribution in [0.2, 0.25) is 0 Å². The maximum absolute atomic E-state index is 11.5. The number of Topliss-reactive ketones (excluding diaryl/α,β-unsaturated/α-hetero) is 1. The third kappa shape index (κ3) is 5.93. The van der Waals surface area contributed by atoms with E-state index in [-0.39, 0.29) is 11.8 Å². The SMILES string of the molecule is CC(=O)c1ccccc1OCCN1CCC(NS(C)(=O)=O)CC1. The van der Waals surface area contributed by atoms with Crippen molar-refractivity contribution in [1.29, 1.82) is 0 Å². The lowest BCUT2D eigenvalue weighted by molar-refractivity contribution is 0.101. The highest BCUT2D eigenvalue weighted by Crippen LogP contribution is 2.18. The second kappa shape index (κ2) is 7.90. The molecule has 0 aliphatic carbocycles. The lowest BCUT2D eigenvalue weighted by Gasteiger charge is -2.31. The van der Waals surface area contributed by atoms with Gasteiger partial charge in [-0.1, -0.05) is 12.1 Å². The van der Waals surface area contributed by atoms with Crippen LogP contribution in [0.15, 0.2) is 24.3 Å². The molecule has 1 N–H and O–H groups in total. The first-order valence-electron chi connectivity index (χ1n) is 7.77. The van der Waals surface area contributed by atoms with Crippen molar-refractivity contribution in [2.24, 2.45) is 0 Å². The Morgan fingerprint density at radius 3 is 2.57 bits per heavy atom. The molecule has 1 aromatic rings. The Kier molecular flexibility index (Phi) is 6.15. The number of hydrogen-bond donors (Lipinski definition) is 1. The first-order valence-corrected chi connectivity index (χ1v) is 9.67. The van der Waals surface area contributed by atoms with Crippen LogP contribution in [0, 0.1) is 0 Å². The monoisotopic (exact) mass is 340 g/mol. The molecule has 0 bridgehead atoms. The Morgan fingerprint density at radius 2 is 1.96 bits per heavy atom. The van der Waals surface area contributed by atoms with Crippen LogP contribution in [0.5, 0.6) is 5.75 Å². The Balaban J connectivity index is 1.75. The van der Waals surface area contributed by atoms with E-state index in [0.29, 0.717) is 17.9 Å². The van der Waals surface area contributed by atoms with Crippen molar-refractivity contribution < 1.29 is 17.9 Å². The molecule has 2 rings (SSSR count). The summed E-state index contributed by atoms with van der Waals surface area (Å²) in [6.07, 6.45) is 2.80. The molecule has 0 atom stereocenters. The Bertz CT molecular complexity index is 637. The molecule has 1 aliphatic heterocycles. The van der Waals surface area contributed by atoms with Crippen molar-refractivity contribution in [3.05, 3.63) is 29.8 Å². The second-order valence-corrected chi connectivity index (χ2v) is 7.69. The summed E-state index contributed by atoms with van der Waals surface area (Å²) >= 11 is 0. The van der Waals surface area contributed by atoms with E-state index in [1.54, 1.807) is 12.1 Å². The van der Waals surface area contributed by atoms with Crippen LogP contribution in [0.4, 0.5) is 0 Å².